The first-order valence-electron chi connectivity index (χ1n) is 7.56. The van der Waals surface area contributed by atoms with Crippen molar-refractivity contribution in [2.75, 3.05) is 38.6 Å². The van der Waals surface area contributed by atoms with Crippen molar-refractivity contribution in [3.05, 3.63) is 24.3 Å². The number of methoxy groups -OCH3 is 1. The number of anilines is 1. The van der Waals surface area contributed by atoms with Crippen LogP contribution in [0.2, 0.25) is 0 Å². The maximum atomic E-state index is 6.06. The third-order valence-electron chi connectivity index (χ3n) is 4.22. The number of likely N-dealkylation sites (tertiary alicyclic amines) is 1. The van der Waals surface area contributed by atoms with Crippen molar-refractivity contribution in [1.29, 1.82) is 0 Å². The molecule has 1 aliphatic heterocycles. The van der Waals surface area contributed by atoms with Crippen molar-refractivity contribution in [2.24, 2.45) is 5.73 Å². The molecule has 0 saturated carbocycles. The van der Waals surface area contributed by atoms with Gasteiger partial charge in [0.2, 0.25) is 0 Å². The largest absolute Gasteiger partial charge is 0.497 e. The molecule has 1 aliphatic rings. The molecule has 4 nitrogen and oxygen atoms in total. The third-order valence-corrected chi connectivity index (χ3v) is 4.22. The average Bonchev–Trinajstić information content (AvgIpc) is 2.50. The lowest BCUT2D eigenvalue weighted by atomic mass is 9.87. The van der Waals surface area contributed by atoms with Crippen LogP contribution < -0.4 is 15.8 Å². The Balaban J connectivity index is 2.01. The van der Waals surface area contributed by atoms with Crippen LogP contribution >= 0.6 is 0 Å². The van der Waals surface area contributed by atoms with Gasteiger partial charge in [-0.15, -0.1) is 0 Å². The van der Waals surface area contributed by atoms with Gasteiger partial charge in [0.1, 0.15) is 5.75 Å². The molecule has 0 unspecified atom stereocenters. The highest BCUT2D eigenvalue weighted by Gasteiger charge is 2.32. The summed E-state index contributed by atoms with van der Waals surface area (Å²) in [6, 6.07) is 8.09. The number of nitrogens with one attached hydrogen (secondary N) is 1. The number of hydrogen-bond acceptors (Lipinski definition) is 4. The Hall–Kier alpha value is -1.26. The molecular weight excluding hydrogens is 250 g/mol. The summed E-state index contributed by atoms with van der Waals surface area (Å²) in [6.07, 6.45) is 3.42. The summed E-state index contributed by atoms with van der Waals surface area (Å²) in [5.74, 6) is 0.880. The second-order valence-corrected chi connectivity index (χ2v) is 5.68. The number of ether oxygens (including phenoxy) is 1. The van der Waals surface area contributed by atoms with Gasteiger partial charge in [-0.3, -0.25) is 0 Å². The van der Waals surface area contributed by atoms with Crippen molar-refractivity contribution in [3.8, 4) is 5.75 Å². The first kappa shape index (κ1) is 15.1. The lowest BCUT2D eigenvalue weighted by Gasteiger charge is -2.42. The topological polar surface area (TPSA) is 50.5 Å². The monoisotopic (exact) mass is 277 g/mol. The van der Waals surface area contributed by atoms with Crippen LogP contribution in [0.4, 0.5) is 5.69 Å². The van der Waals surface area contributed by atoms with E-state index < -0.39 is 0 Å². The predicted octanol–water partition coefficient (Wildman–Crippen LogP) is 2.31. The summed E-state index contributed by atoms with van der Waals surface area (Å²) in [4.78, 5) is 2.53. The fraction of sp³-hybridized carbons (Fsp3) is 0.625. The molecule has 0 amide bonds. The van der Waals surface area contributed by atoms with Crippen molar-refractivity contribution in [2.45, 2.75) is 31.7 Å². The van der Waals surface area contributed by atoms with Gasteiger partial charge in [-0.25, -0.2) is 0 Å². The van der Waals surface area contributed by atoms with Gasteiger partial charge in [-0.05, 0) is 37.9 Å². The van der Waals surface area contributed by atoms with Gasteiger partial charge < -0.3 is 20.7 Å². The maximum Gasteiger partial charge on any atom is 0.120 e. The summed E-state index contributed by atoms with van der Waals surface area (Å²) in [6.45, 7) is 6.35. The van der Waals surface area contributed by atoms with Gasteiger partial charge in [0, 0.05) is 31.4 Å². The minimum Gasteiger partial charge on any atom is -0.497 e. The molecule has 0 aliphatic carbocycles. The van der Waals surface area contributed by atoms with Crippen molar-refractivity contribution in [1.82, 2.24) is 4.90 Å². The minimum absolute atomic E-state index is 0.0244. The zero-order valence-electron chi connectivity index (χ0n) is 12.7. The van der Waals surface area contributed by atoms with E-state index in [1.54, 1.807) is 7.11 Å². The second kappa shape index (κ2) is 6.95. The SMILES string of the molecule is CCCN1CCC(CN)(Nc2cccc(OC)c2)CC1. The van der Waals surface area contributed by atoms with Crippen LogP contribution in [0.5, 0.6) is 5.75 Å². The quantitative estimate of drug-likeness (QED) is 0.838. The number of nitrogens with two attached hydrogens (primary N) is 1. The molecule has 112 valence electrons. The standard InChI is InChI=1S/C16H27N3O/c1-3-9-19-10-7-16(13-17,8-11-19)18-14-5-4-6-15(12-14)20-2/h4-6,12,18H,3,7-11,13,17H2,1-2H3. The number of rotatable bonds is 6. The second-order valence-electron chi connectivity index (χ2n) is 5.68. The summed E-state index contributed by atoms with van der Waals surface area (Å²) in [5.41, 5.74) is 7.18. The van der Waals surface area contributed by atoms with Crippen LogP contribution in [0.3, 0.4) is 0 Å². The minimum atomic E-state index is 0.0244. The van der Waals surface area contributed by atoms with Crippen LogP contribution in [-0.2, 0) is 0 Å². The van der Waals surface area contributed by atoms with Crippen LogP contribution in [-0.4, -0.2) is 43.7 Å². The lowest BCUT2D eigenvalue weighted by molar-refractivity contribution is 0.177. The Bertz CT molecular complexity index is 414. The van der Waals surface area contributed by atoms with E-state index in [2.05, 4.69) is 23.2 Å². The van der Waals surface area contributed by atoms with Crippen molar-refractivity contribution in [3.63, 3.8) is 0 Å². The number of hydrogen-bond donors (Lipinski definition) is 2. The normalized spacial score (nSPS) is 18.8. The smallest absolute Gasteiger partial charge is 0.120 e. The zero-order valence-corrected chi connectivity index (χ0v) is 12.7. The Labute approximate surface area is 122 Å². The van der Waals surface area contributed by atoms with Gasteiger partial charge >= 0.3 is 0 Å². The van der Waals surface area contributed by atoms with Crippen molar-refractivity contribution < 1.29 is 4.74 Å². The first-order chi connectivity index (χ1) is 9.71. The molecule has 1 aromatic rings. The summed E-state index contributed by atoms with van der Waals surface area (Å²) in [7, 11) is 1.70. The molecule has 0 atom stereocenters. The van der Waals surface area contributed by atoms with Crippen LogP contribution in [0, 0.1) is 0 Å². The lowest BCUT2D eigenvalue weighted by Crippen LogP contribution is -2.53. The van der Waals surface area contributed by atoms with Crippen molar-refractivity contribution >= 4 is 5.69 Å². The van der Waals surface area contributed by atoms with E-state index in [9.17, 15) is 0 Å². The summed E-state index contributed by atoms with van der Waals surface area (Å²) < 4.78 is 5.28. The summed E-state index contributed by atoms with van der Waals surface area (Å²) in [5, 5.41) is 3.65. The molecule has 0 aromatic heterocycles. The van der Waals surface area contributed by atoms with E-state index >= 15 is 0 Å². The van der Waals surface area contributed by atoms with Gasteiger partial charge in [-0.1, -0.05) is 13.0 Å². The molecule has 3 N–H and O–H groups in total. The van der Waals surface area contributed by atoms with E-state index in [0.29, 0.717) is 6.54 Å². The van der Waals surface area contributed by atoms with Gasteiger partial charge in [0.15, 0.2) is 0 Å². The third kappa shape index (κ3) is 3.64. The zero-order chi connectivity index (χ0) is 14.4. The molecule has 0 spiro atoms. The van der Waals surface area contributed by atoms with E-state index in [0.717, 1.165) is 37.4 Å². The average molecular weight is 277 g/mol. The van der Waals surface area contributed by atoms with Crippen LogP contribution in [0.25, 0.3) is 0 Å². The molecule has 2 rings (SSSR count). The molecule has 20 heavy (non-hydrogen) atoms. The molecule has 1 fully saturated rings. The highest BCUT2D eigenvalue weighted by molar-refractivity contribution is 5.50. The molecule has 0 radical (unpaired) electrons. The van der Waals surface area contributed by atoms with Gasteiger partial charge in [-0.2, -0.15) is 0 Å². The van der Waals surface area contributed by atoms with E-state index in [1.807, 2.05) is 18.2 Å². The molecule has 1 aromatic carbocycles. The van der Waals surface area contributed by atoms with E-state index in [1.165, 1.54) is 13.0 Å². The first-order valence-corrected chi connectivity index (χ1v) is 7.56. The van der Waals surface area contributed by atoms with Gasteiger partial charge in [0.25, 0.3) is 0 Å². The Morgan fingerprint density at radius 2 is 2.10 bits per heavy atom. The van der Waals surface area contributed by atoms with Crippen LogP contribution in [0.1, 0.15) is 26.2 Å². The molecule has 1 heterocycles. The maximum absolute atomic E-state index is 6.06. The predicted molar refractivity (Wildman–Crippen MR) is 84.4 cm³/mol. The molecule has 1 saturated heterocycles. The number of benzene rings is 1. The Kier molecular flexibility index (Phi) is 5.26. The van der Waals surface area contributed by atoms with Crippen LogP contribution in [0.15, 0.2) is 24.3 Å². The van der Waals surface area contributed by atoms with Gasteiger partial charge in [0.05, 0.1) is 12.6 Å². The van der Waals surface area contributed by atoms with E-state index in [4.69, 9.17) is 10.5 Å². The molecule has 4 heteroatoms. The number of nitrogens with zero attached hydrogens (tertiary/aromatic N) is 1. The molecule has 0 bridgehead atoms. The highest BCUT2D eigenvalue weighted by Crippen LogP contribution is 2.28. The molecular formula is C16H27N3O. The highest BCUT2D eigenvalue weighted by atomic mass is 16.5. The summed E-state index contributed by atoms with van der Waals surface area (Å²) >= 11 is 0. The Morgan fingerprint density at radius 3 is 2.70 bits per heavy atom. The Morgan fingerprint density at radius 1 is 1.35 bits per heavy atom. The fourth-order valence-electron chi connectivity index (χ4n) is 2.91. The number of piperidine rings is 1. The fourth-order valence-corrected chi connectivity index (χ4v) is 2.91. The van der Waals surface area contributed by atoms with E-state index in [-0.39, 0.29) is 5.54 Å².